The number of aliphatic carboxylic acids is 1. The van der Waals surface area contributed by atoms with Crippen molar-refractivity contribution in [2.24, 2.45) is 5.92 Å². The number of nitrogens with one attached hydrogen (secondary N) is 1. The number of nitrogens with zero attached hydrogens (tertiary/aromatic N) is 2. The number of carbonyl (C=O) groups excluding carboxylic acids is 1. The average molecular weight is 324 g/mol. The number of benzene rings is 1. The number of carboxylic acids is 1. The maximum Gasteiger partial charge on any atom is 0.308 e. The molecule has 0 aliphatic carbocycles. The molecule has 1 aromatic carbocycles. The Kier molecular flexibility index (Phi) is 2.78. The molecule has 1 saturated heterocycles. The van der Waals surface area contributed by atoms with Crippen LogP contribution in [0.1, 0.15) is 6.42 Å². The molecule has 6 nitrogen and oxygen atoms in total. The third-order valence-corrected chi connectivity index (χ3v) is 3.88. The maximum absolute atomic E-state index is 11.9. The monoisotopic (exact) mass is 323 g/mol. The van der Waals surface area contributed by atoms with Crippen LogP contribution in [0.3, 0.4) is 0 Å². The van der Waals surface area contributed by atoms with Gasteiger partial charge >= 0.3 is 5.97 Å². The molecule has 1 unspecified atom stereocenters. The van der Waals surface area contributed by atoms with Crippen molar-refractivity contribution in [3.05, 3.63) is 22.8 Å². The van der Waals surface area contributed by atoms with E-state index >= 15 is 0 Å². The van der Waals surface area contributed by atoms with E-state index in [0.29, 0.717) is 5.69 Å². The molecule has 1 atom stereocenters. The van der Waals surface area contributed by atoms with Crippen LogP contribution in [-0.4, -0.2) is 33.7 Å². The summed E-state index contributed by atoms with van der Waals surface area (Å²) in [7, 11) is 0. The van der Waals surface area contributed by atoms with Crippen LogP contribution in [0.5, 0.6) is 0 Å². The molecule has 19 heavy (non-hydrogen) atoms. The van der Waals surface area contributed by atoms with Gasteiger partial charge in [0, 0.05) is 24.0 Å². The Morgan fingerprint density at radius 2 is 2.32 bits per heavy atom. The van der Waals surface area contributed by atoms with Crippen LogP contribution in [-0.2, 0) is 9.59 Å². The van der Waals surface area contributed by atoms with Gasteiger partial charge in [-0.1, -0.05) is 0 Å². The van der Waals surface area contributed by atoms with Crippen molar-refractivity contribution in [3.63, 3.8) is 0 Å². The van der Waals surface area contributed by atoms with Gasteiger partial charge in [-0.3, -0.25) is 14.7 Å². The first-order chi connectivity index (χ1) is 9.06. The molecule has 1 aliphatic rings. The Morgan fingerprint density at radius 3 is 3.00 bits per heavy atom. The average Bonchev–Trinajstić information content (AvgIpc) is 2.93. The Morgan fingerprint density at radius 1 is 1.53 bits per heavy atom. The van der Waals surface area contributed by atoms with Gasteiger partial charge in [0.1, 0.15) is 4.60 Å². The molecule has 2 aromatic rings. The number of amides is 1. The van der Waals surface area contributed by atoms with Gasteiger partial charge in [-0.2, -0.15) is 5.10 Å². The highest BCUT2D eigenvalue weighted by Crippen LogP contribution is 2.30. The fraction of sp³-hybridized carbons (Fsp3) is 0.250. The van der Waals surface area contributed by atoms with E-state index in [0.717, 1.165) is 15.5 Å². The highest BCUT2D eigenvalue weighted by Gasteiger charge is 2.35. The van der Waals surface area contributed by atoms with Crippen LogP contribution in [0.25, 0.3) is 10.9 Å². The summed E-state index contributed by atoms with van der Waals surface area (Å²) in [6.45, 7) is 0.217. The van der Waals surface area contributed by atoms with Crippen LogP contribution in [0, 0.1) is 5.92 Å². The first-order valence-electron chi connectivity index (χ1n) is 5.73. The molecule has 3 rings (SSSR count). The molecule has 1 fully saturated rings. The maximum atomic E-state index is 11.9. The summed E-state index contributed by atoms with van der Waals surface area (Å²) >= 11 is 3.34. The summed E-state index contributed by atoms with van der Waals surface area (Å²) < 4.78 is 0.741. The first kappa shape index (κ1) is 12.2. The van der Waals surface area contributed by atoms with E-state index in [1.54, 1.807) is 12.1 Å². The second-order valence-corrected chi connectivity index (χ2v) is 5.28. The van der Waals surface area contributed by atoms with Crippen molar-refractivity contribution in [2.45, 2.75) is 6.42 Å². The van der Waals surface area contributed by atoms with E-state index in [4.69, 9.17) is 5.11 Å². The number of carboxylic acid groups (broad SMARTS) is 1. The van der Waals surface area contributed by atoms with Crippen molar-refractivity contribution in [1.29, 1.82) is 0 Å². The molecule has 7 heteroatoms. The SMILES string of the molecule is O=C(O)C1CC(=O)N(c2ccc3n[nH]c(Br)c3c2)C1. The first-order valence-corrected chi connectivity index (χ1v) is 6.52. The van der Waals surface area contributed by atoms with E-state index in [1.165, 1.54) is 4.90 Å². The molecule has 0 saturated carbocycles. The molecule has 2 N–H and O–H groups in total. The lowest BCUT2D eigenvalue weighted by molar-refractivity contribution is -0.141. The summed E-state index contributed by atoms with van der Waals surface area (Å²) in [5.41, 5.74) is 1.49. The topological polar surface area (TPSA) is 86.3 Å². The van der Waals surface area contributed by atoms with Gasteiger partial charge < -0.3 is 10.0 Å². The van der Waals surface area contributed by atoms with Crippen molar-refractivity contribution < 1.29 is 14.7 Å². The molecule has 2 heterocycles. The van der Waals surface area contributed by atoms with Gasteiger partial charge in [-0.05, 0) is 34.1 Å². The minimum atomic E-state index is -0.929. The minimum absolute atomic E-state index is 0.0555. The number of halogens is 1. The van der Waals surface area contributed by atoms with Gasteiger partial charge in [-0.25, -0.2) is 0 Å². The fourth-order valence-corrected chi connectivity index (χ4v) is 2.66. The van der Waals surface area contributed by atoms with Crippen LogP contribution in [0.15, 0.2) is 22.8 Å². The number of hydrogen-bond acceptors (Lipinski definition) is 3. The third kappa shape index (κ3) is 1.99. The van der Waals surface area contributed by atoms with E-state index in [1.807, 2.05) is 6.07 Å². The number of aromatic amines is 1. The lowest BCUT2D eigenvalue weighted by atomic mass is 10.1. The summed E-state index contributed by atoms with van der Waals surface area (Å²) in [5.74, 6) is -1.72. The van der Waals surface area contributed by atoms with Gasteiger partial charge in [0.15, 0.2) is 0 Å². The van der Waals surface area contributed by atoms with Crippen LogP contribution < -0.4 is 4.90 Å². The van der Waals surface area contributed by atoms with E-state index in [2.05, 4.69) is 26.1 Å². The number of hydrogen-bond donors (Lipinski definition) is 2. The quantitative estimate of drug-likeness (QED) is 0.881. The highest BCUT2D eigenvalue weighted by atomic mass is 79.9. The standard InChI is InChI=1S/C12H10BrN3O3/c13-11-8-4-7(1-2-9(8)14-15-11)16-5-6(12(18)19)3-10(16)17/h1-2,4,6H,3,5H2,(H,14,15)(H,18,19). The van der Waals surface area contributed by atoms with Crippen molar-refractivity contribution in [1.82, 2.24) is 10.2 Å². The molecule has 0 radical (unpaired) electrons. The smallest absolute Gasteiger partial charge is 0.308 e. The third-order valence-electron chi connectivity index (χ3n) is 3.28. The van der Waals surface area contributed by atoms with E-state index in [-0.39, 0.29) is 18.9 Å². The number of H-pyrrole nitrogens is 1. The number of anilines is 1. The molecular weight excluding hydrogens is 314 g/mol. The number of fused-ring (bicyclic) bond motifs is 1. The zero-order valence-electron chi connectivity index (χ0n) is 9.76. The molecule has 0 bridgehead atoms. The van der Waals surface area contributed by atoms with Gasteiger partial charge in [0.25, 0.3) is 0 Å². The molecule has 1 amide bonds. The normalized spacial score (nSPS) is 19.3. The lowest BCUT2D eigenvalue weighted by Crippen LogP contribution is -2.25. The zero-order chi connectivity index (χ0) is 13.6. The Balaban J connectivity index is 1.98. The van der Waals surface area contributed by atoms with Crippen molar-refractivity contribution >= 4 is 44.4 Å². The highest BCUT2D eigenvalue weighted by molar-refractivity contribution is 9.10. The number of carbonyl (C=O) groups is 2. The fourth-order valence-electron chi connectivity index (χ4n) is 2.26. The molecular formula is C12H10BrN3O3. The molecule has 0 spiro atoms. The van der Waals surface area contributed by atoms with Crippen molar-refractivity contribution in [3.8, 4) is 0 Å². The zero-order valence-corrected chi connectivity index (χ0v) is 11.3. The van der Waals surface area contributed by atoms with Gasteiger partial charge in [0.05, 0.1) is 11.4 Å². The lowest BCUT2D eigenvalue weighted by Gasteiger charge is -2.16. The summed E-state index contributed by atoms with van der Waals surface area (Å²) in [6.07, 6.45) is 0.0555. The second-order valence-electron chi connectivity index (χ2n) is 4.48. The predicted octanol–water partition coefficient (Wildman–Crippen LogP) is 1.76. The Bertz CT molecular complexity index is 682. The van der Waals surface area contributed by atoms with Crippen molar-refractivity contribution in [2.75, 3.05) is 11.4 Å². The van der Waals surface area contributed by atoms with E-state index < -0.39 is 11.9 Å². The largest absolute Gasteiger partial charge is 0.481 e. The van der Waals surface area contributed by atoms with Crippen LogP contribution in [0.4, 0.5) is 5.69 Å². The van der Waals surface area contributed by atoms with Crippen LogP contribution >= 0.6 is 15.9 Å². The minimum Gasteiger partial charge on any atom is -0.481 e. The summed E-state index contributed by atoms with van der Waals surface area (Å²) in [4.78, 5) is 24.3. The Labute approximate surface area is 116 Å². The molecule has 1 aliphatic heterocycles. The summed E-state index contributed by atoms with van der Waals surface area (Å²) in [5, 5.41) is 16.7. The van der Waals surface area contributed by atoms with E-state index in [9.17, 15) is 9.59 Å². The van der Waals surface area contributed by atoms with Gasteiger partial charge in [0.2, 0.25) is 5.91 Å². The molecule has 98 valence electrons. The van der Waals surface area contributed by atoms with Crippen LogP contribution in [0.2, 0.25) is 0 Å². The number of aromatic nitrogens is 2. The second kappa shape index (κ2) is 4.34. The number of rotatable bonds is 2. The Hall–Kier alpha value is -1.89. The summed E-state index contributed by atoms with van der Waals surface area (Å²) in [6, 6.07) is 5.40. The van der Waals surface area contributed by atoms with Gasteiger partial charge in [-0.15, -0.1) is 0 Å². The molecule has 1 aromatic heterocycles. The predicted molar refractivity (Wildman–Crippen MR) is 71.9 cm³/mol.